The number of anilines is 1. The van der Waals surface area contributed by atoms with Crippen LogP contribution in [0.25, 0.3) is 0 Å². The van der Waals surface area contributed by atoms with Gasteiger partial charge in [0.1, 0.15) is 5.69 Å². The molecular formula is C10H10N2O. The minimum atomic E-state index is -0.0384. The van der Waals surface area contributed by atoms with Crippen molar-refractivity contribution in [3.05, 3.63) is 24.0 Å². The van der Waals surface area contributed by atoms with E-state index in [4.69, 9.17) is 6.42 Å². The van der Waals surface area contributed by atoms with E-state index in [0.29, 0.717) is 12.2 Å². The highest BCUT2D eigenvalue weighted by Crippen LogP contribution is 2.05. The van der Waals surface area contributed by atoms with Crippen molar-refractivity contribution in [3.8, 4) is 12.3 Å². The molecule has 1 heterocycles. The summed E-state index contributed by atoms with van der Waals surface area (Å²) in [5.74, 6) is 2.41. The lowest BCUT2D eigenvalue weighted by atomic mass is 10.2. The van der Waals surface area contributed by atoms with Gasteiger partial charge in [-0.2, -0.15) is 0 Å². The second-order valence-corrected chi connectivity index (χ2v) is 2.55. The van der Waals surface area contributed by atoms with Gasteiger partial charge >= 0.3 is 0 Å². The molecule has 0 amide bonds. The Morgan fingerprint density at radius 3 is 2.92 bits per heavy atom. The fourth-order valence-electron chi connectivity index (χ4n) is 0.860. The standard InChI is InChI=1S/C10H10N2O/c1-3-6-11-9-4-5-10(8(2)13)12-7-9/h1,4-5,7,11H,6H2,2H3. The molecule has 0 radical (unpaired) electrons. The van der Waals surface area contributed by atoms with E-state index >= 15 is 0 Å². The molecule has 13 heavy (non-hydrogen) atoms. The number of nitrogens with one attached hydrogen (secondary N) is 1. The Morgan fingerprint density at radius 2 is 2.46 bits per heavy atom. The average molecular weight is 174 g/mol. The molecule has 0 saturated carbocycles. The topological polar surface area (TPSA) is 42.0 Å². The summed E-state index contributed by atoms with van der Waals surface area (Å²) < 4.78 is 0. The molecule has 0 unspecified atom stereocenters. The van der Waals surface area contributed by atoms with Crippen LogP contribution in [-0.4, -0.2) is 17.3 Å². The number of pyridine rings is 1. The van der Waals surface area contributed by atoms with Crippen molar-refractivity contribution in [2.45, 2.75) is 6.92 Å². The van der Waals surface area contributed by atoms with Crippen LogP contribution in [0.5, 0.6) is 0 Å². The fraction of sp³-hybridized carbons (Fsp3) is 0.200. The summed E-state index contributed by atoms with van der Waals surface area (Å²) in [7, 11) is 0. The molecule has 1 N–H and O–H groups in total. The summed E-state index contributed by atoms with van der Waals surface area (Å²) in [6.07, 6.45) is 6.66. The van der Waals surface area contributed by atoms with Gasteiger partial charge in [-0.05, 0) is 12.1 Å². The molecule has 0 saturated heterocycles. The first kappa shape index (κ1) is 9.27. The lowest BCUT2D eigenvalue weighted by molar-refractivity contribution is 0.101. The largest absolute Gasteiger partial charge is 0.373 e. The molecule has 3 nitrogen and oxygen atoms in total. The van der Waals surface area contributed by atoms with E-state index in [2.05, 4.69) is 16.2 Å². The molecule has 1 rings (SSSR count). The van der Waals surface area contributed by atoms with E-state index in [1.165, 1.54) is 6.92 Å². The Hall–Kier alpha value is -1.82. The van der Waals surface area contributed by atoms with Gasteiger partial charge in [-0.3, -0.25) is 9.78 Å². The third-order valence-corrected chi connectivity index (χ3v) is 1.52. The zero-order valence-electron chi connectivity index (χ0n) is 7.37. The van der Waals surface area contributed by atoms with Gasteiger partial charge in [0.25, 0.3) is 0 Å². The highest BCUT2D eigenvalue weighted by atomic mass is 16.1. The van der Waals surface area contributed by atoms with Crippen molar-refractivity contribution in [1.82, 2.24) is 4.98 Å². The predicted molar refractivity (Wildman–Crippen MR) is 51.6 cm³/mol. The minimum absolute atomic E-state index is 0.0384. The molecule has 1 aromatic rings. The number of hydrogen-bond donors (Lipinski definition) is 1. The van der Waals surface area contributed by atoms with Crippen molar-refractivity contribution >= 4 is 11.5 Å². The van der Waals surface area contributed by atoms with Crippen LogP contribution < -0.4 is 5.32 Å². The molecule has 0 aliphatic heterocycles. The monoisotopic (exact) mass is 174 g/mol. The van der Waals surface area contributed by atoms with E-state index in [1.54, 1.807) is 18.3 Å². The molecular weight excluding hydrogens is 164 g/mol. The Balaban J connectivity index is 2.71. The zero-order chi connectivity index (χ0) is 9.68. The van der Waals surface area contributed by atoms with Crippen LogP contribution in [0.3, 0.4) is 0 Å². The van der Waals surface area contributed by atoms with E-state index in [9.17, 15) is 4.79 Å². The van der Waals surface area contributed by atoms with Crippen LogP contribution in [0, 0.1) is 12.3 Å². The Labute approximate surface area is 77.2 Å². The van der Waals surface area contributed by atoms with Gasteiger partial charge in [0.05, 0.1) is 18.4 Å². The van der Waals surface area contributed by atoms with Crippen molar-refractivity contribution in [2.75, 3.05) is 11.9 Å². The van der Waals surface area contributed by atoms with Crippen LogP contribution in [0.15, 0.2) is 18.3 Å². The lowest BCUT2D eigenvalue weighted by Crippen LogP contribution is -2.01. The van der Waals surface area contributed by atoms with Gasteiger partial charge in [0.2, 0.25) is 0 Å². The first-order chi connectivity index (χ1) is 6.24. The van der Waals surface area contributed by atoms with E-state index in [1.807, 2.05) is 0 Å². The number of nitrogens with zero attached hydrogens (tertiary/aromatic N) is 1. The molecule has 0 aliphatic carbocycles. The Morgan fingerprint density at radius 1 is 1.69 bits per heavy atom. The van der Waals surface area contributed by atoms with Gasteiger partial charge in [-0.25, -0.2) is 0 Å². The maximum absolute atomic E-state index is 10.9. The number of terminal acetylenes is 1. The quantitative estimate of drug-likeness (QED) is 0.555. The molecule has 0 aliphatic rings. The number of ketones is 1. The number of aromatic nitrogens is 1. The maximum atomic E-state index is 10.9. The van der Waals surface area contributed by atoms with Crippen LogP contribution in [0.1, 0.15) is 17.4 Å². The number of hydrogen-bond acceptors (Lipinski definition) is 3. The summed E-state index contributed by atoms with van der Waals surface area (Å²) >= 11 is 0. The normalized spacial score (nSPS) is 8.92. The maximum Gasteiger partial charge on any atom is 0.178 e. The van der Waals surface area contributed by atoms with Gasteiger partial charge < -0.3 is 5.32 Å². The number of Topliss-reactive ketones (excluding diaryl/α,β-unsaturated/α-hetero) is 1. The summed E-state index contributed by atoms with van der Waals surface area (Å²) in [6.45, 7) is 1.94. The number of rotatable bonds is 3. The van der Waals surface area contributed by atoms with Gasteiger partial charge in [-0.15, -0.1) is 6.42 Å². The Kier molecular flexibility index (Phi) is 3.04. The Bertz CT molecular complexity index is 335. The fourth-order valence-corrected chi connectivity index (χ4v) is 0.860. The number of carbonyl (C=O) groups excluding carboxylic acids is 1. The predicted octanol–water partition coefficient (Wildman–Crippen LogP) is 1.33. The van der Waals surface area contributed by atoms with Gasteiger partial charge in [0, 0.05) is 6.92 Å². The first-order valence-corrected chi connectivity index (χ1v) is 3.88. The summed E-state index contributed by atoms with van der Waals surface area (Å²) in [5, 5.41) is 2.95. The molecule has 66 valence electrons. The average Bonchev–Trinajstić information content (AvgIpc) is 2.15. The van der Waals surface area contributed by atoms with Crippen molar-refractivity contribution in [2.24, 2.45) is 0 Å². The minimum Gasteiger partial charge on any atom is -0.373 e. The molecule has 1 aromatic heterocycles. The first-order valence-electron chi connectivity index (χ1n) is 3.88. The third-order valence-electron chi connectivity index (χ3n) is 1.52. The van der Waals surface area contributed by atoms with Crippen molar-refractivity contribution in [1.29, 1.82) is 0 Å². The van der Waals surface area contributed by atoms with E-state index < -0.39 is 0 Å². The third kappa shape index (κ3) is 2.60. The van der Waals surface area contributed by atoms with E-state index in [-0.39, 0.29) is 5.78 Å². The van der Waals surface area contributed by atoms with Crippen LogP contribution >= 0.6 is 0 Å². The number of carbonyl (C=O) groups is 1. The smallest absolute Gasteiger partial charge is 0.178 e. The second kappa shape index (κ2) is 4.27. The molecule has 0 fully saturated rings. The highest BCUT2D eigenvalue weighted by Gasteiger charge is 1.99. The van der Waals surface area contributed by atoms with Crippen LogP contribution in [0.2, 0.25) is 0 Å². The second-order valence-electron chi connectivity index (χ2n) is 2.55. The summed E-state index contributed by atoms with van der Waals surface area (Å²) in [6, 6.07) is 3.45. The molecule has 0 aromatic carbocycles. The van der Waals surface area contributed by atoms with Gasteiger partial charge in [0.15, 0.2) is 5.78 Å². The lowest BCUT2D eigenvalue weighted by Gasteiger charge is -2.01. The molecule has 0 spiro atoms. The molecule has 3 heteroatoms. The van der Waals surface area contributed by atoms with Crippen molar-refractivity contribution < 1.29 is 4.79 Å². The zero-order valence-corrected chi connectivity index (χ0v) is 7.37. The summed E-state index contributed by atoms with van der Waals surface area (Å²) in [4.78, 5) is 14.8. The highest BCUT2D eigenvalue weighted by molar-refractivity contribution is 5.92. The van der Waals surface area contributed by atoms with Crippen LogP contribution in [-0.2, 0) is 0 Å². The van der Waals surface area contributed by atoms with Crippen LogP contribution in [0.4, 0.5) is 5.69 Å². The summed E-state index contributed by atoms with van der Waals surface area (Å²) in [5.41, 5.74) is 1.29. The molecule has 0 atom stereocenters. The van der Waals surface area contributed by atoms with Crippen molar-refractivity contribution in [3.63, 3.8) is 0 Å². The van der Waals surface area contributed by atoms with Gasteiger partial charge in [-0.1, -0.05) is 5.92 Å². The SMILES string of the molecule is C#CCNc1ccc(C(C)=O)nc1. The molecule has 0 bridgehead atoms. The van der Waals surface area contributed by atoms with E-state index in [0.717, 1.165) is 5.69 Å².